The fourth-order valence-corrected chi connectivity index (χ4v) is 6.49. The van der Waals surface area contributed by atoms with Gasteiger partial charge in [-0.05, 0) is 74.2 Å². The molecule has 0 heterocycles. The highest BCUT2D eigenvalue weighted by Gasteiger charge is 2.62. The second kappa shape index (κ2) is 10.4. The van der Waals surface area contributed by atoms with Crippen molar-refractivity contribution < 1.29 is 39.6 Å². The molecule has 11 nitrogen and oxygen atoms in total. The molecule has 41 heavy (non-hydrogen) atoms. The van der Waals surface area contributed by atoms with Gasteiger partial charge in [-0.25, -0.2) is 0 Å². The van der Waals surface area contributed by atoms with E-state index in [9.17, 15) is 39.6 Å². The molecule has 0 aromatic heterocycles. The summed E-state index contributed by atoms with van der Waals surface area (Å²) >= 11 is 0. The normalized spacial score (nSPS) is 27.2. The van der Waals surface area contributed by atoms with Crippen molar-refractivity contribution in [2.24, 2.45) is 23.5 Å². The number of nitrogens with zero attached hydrogens (tertiary/aromatic N) is 1. The quantitative estimate of drug-likeness (QED) is 0.275. The topological polar surface area (TPSA) is 190 Å². The van der Waals surface area contributed by atoms with Gasteiger partial charge in [0.15, 0.2) is 17.2 Å². The van der Waals surface area contributed by atoms with Gasteiger partial charge in [0, 0.05) is 30.1 Å². The summed E-state index contributed by atoms with van der Waals surface area (Å²) in [5.41, 5.74) is 4.85. The molecule has 2 aromatic carbocycles. The highest BCUT2D eigenvalue weighted by atomic mass is 16.3. The minimum absolute atomic E-state index is 0.0531. The first kappa shape index (κ1) is 28.5. The predicted octanol–water partition coefficient (Wildman–Crippen LogP) is 0.704. The van der Waals surface area contributed by atoms with Crippen molar-refractivity contribution >= 4 is 23.4 Å². The molecule has 0 saturated heterocycles. The first-order valence-electron chi connectivity index (χ1n) is 13.5. The highest BCUT2D eigenvalue weighted by Crippen LogP contribution is 2.52. The van der Waals surface area contributed by atoms with Crippen molar-refractivity contribution in [1.82, 2.24) is 10.2 Å². The number of aliphatic hydroxyl groups is 3. The van der Waals surface area contributed by atoms with Gasteiger partial charge in [-0.1, -0.05) is 18.2 Å². The summed E-state index contributed by atoms with van der Waals surface area (Å²) in [6.45, 7) is 1.19. The zero-order valence-corrected chi connectivity index (χ0v) is 22.8. The van der Waals surface area contributed by atoms with Crippen LogP contribution in [0.5, 0.6) is 5.75 Å². The fourth-order valence-electron chi connectivity index (χ4n) is 6.49. The molecule has 2 unspecified atom stereocenters. The van der Waals surface area contributed by atoms with Crippen LogP contribution >= 0.6 is 0 Å². The molecular weight excluding hydrogens is 530 g/mol. The number of primary amides is 1. The standard InChI is InChI=1S/C30H33N3O8/c1-33(2)10-9-32-29(40)15-5-3-14(4-6-15)18-7-8-20(34)23-19(18)12-16-11-17-13-21(35)24(28(31)39)27(38)30(17,41)26(37)22(16)25(23)36/h3-8,16-17,21,24,34-35,37,41H,9-13H2,1-2H3,(H2,31,39)(H,32,40)/t16-,17+,21?,24?,30+/m1/s1. The van der Waals surface area contributed by atoms with Crippen LogP contribution in [0.3, 0.4) is 0 Å². The molecule has 0 spiro atoms. The maximum atomic E-state index is 13.8. The van der Waals surface area contributed by atoms with Crippen molar-refractivity contribution in [3.05, 3.63) is 64.4 Å². The summed E-state index contributed by atoms with van der Waals surface area (Å²) in [5.74, 6) is -7.68. The molecule has 11 heteroatoms. The molecular formula is C30H33N3O8. The Morgan fingerprint density at radius 3 is 2.39 bits per heavy atom. The van der Waals surface area contributed by atoms with Crippen LogP contribution < -0.4 is 11.1 Å². The van der Waals surface area contributed by atoms with E-state index in [0.717, 1.165) is 0 Å². The molecule has 1 fully saturated rings. The number of likely N-dealkylation sites (N-methyl/N-ethyl adjacent to an activating group) is 1. The van der Waals surface area contributed by atoms with E-state index >= 15 is 0 Å². The van der Waals surface area contributed by atoms with E-state index in [2.05, 4.69) is 5.32 Å². The van der Waals surface area contributed by atoms with Crippen molar-refractivity contribution in [3.8, 4) is 16.9 Å². The number of hydrogen-bond donors (Lipinski definition) is 6. The van der Waals surface area contributed by atoms with Crippen LogP contribution in [0.25, 0.3) is 11.1 Å². The number of rotatable bonds is 6. The van der Waals surface area contributed by atoms with Gasteiger partial charge in [0.2, 0.25) is 5.91 Å². The third-order valence-corrected chi connectivity index (χ3v) is 8.58. The number of phenols is 1. The Morgan fingerprint density at radius 1 is 1.07 bits per heavy atom. The number of carbonyl (C=O) groups excluding carboxylic acids is 4. The van der Waals surface area contributed by atoms with Gasteiger partial charge in [-0.2, -0.15) is 0 Å². The summed E-state index contributed by atoms with van der Waals surface area (Å²) in [7, 11) is 3.82. The van der Waals surface area contributed by atoms with Gasteiger partial charge in [-0.3, -0.25) is 19.2 Å². The maximum Gasteiger partial charge on any atom is 0.251 e. The number of nitrogens with two attached hydrogens (primary N) is 1. The third-order valence-electron chi connectivity index (χ3n) is 8.58. The van der Waals surface area contributed by atoms with Crippen LogP contribution in [0.4, 0.5) is 0 Å². The number of aliphatic hydroxyl groups excluding tert-OH is 2. The smallest absolute Gasteiger partial charge is 0.251 e. The lowest BCUT2D eigenvalue weighted by molar-refractivity contribution is -0.167. The number of hydrogen-bond acceptors (Lipinski definition) is 9. The van der Waals surface area contributed by atoms with Crippen molar-refractivity contribution in [2.75, 3.05) is 27.2 Å². The second-order valence-electron chi connectivity index (χ2n) is 11.4. The van der Waals surface area contributed by atoms with E-state index in [0.29, 0.717) is 35.3 Å². The molecule has 5 rings (SSSR count). The molecule has 0 bridgehead atoms. The second-order valence-corrected chi connectivity index (χ2v) is 11.4. The molecule has 0 radical (unpaired) electrons. The van der Waals surface area contributed by atoms with Crippen molar-refractivity contribution in [2.45, 2.75) is 31.0 Å². The SMILES string of the molecule is CN(C)CCNC(=O)c1ccc(-c2ccc(O)c3c2C[C@H]2C[C@H]4CC(O)C(C(N)=O)C(=O)[C@@]4(O)C(O)=C2C3=O)cc1. The van der Waals surface area contributed by atoms with E-state index in [4.69, 9.17) is 5.73 Å². The monoisotopic (exact) mass is 563 g/mol. The van der Waals surface area contributed by atoms with Gasteiger partial charge in [0.25, 0.3) is 5.91 Å². The van der Waals surface area contributed by atoms with Gasteiger partial charge < -0.3 is 36.4 Å². The van der Waals surface area contributed by atoms with Gasteiger partial charge in [0.1, 0.15) is 17.4 Å². The lowest BCUT2D eigenvalue weighted by atomic mass is 9.57. The van der Waals surface area contributed by atoms with Crippen molar-refractivity contribution in [3.63, 3.8) is 0 Å². The Balaban J connectivity index is 1.51. The minimum atomic E-state index is -2.55. The van der Waals surface area contributed by atoms with Crippen LogP contribution in [0.1, 0.15) is 39.1 Å². The minimum Gasteiger partial charge on any atom is -0.508 e. The molecule has 2 aromatic rings. The van der Waals surface area contributed by atoms with E-state index in [1.165, 1.54) is 6.07 Å². The number of benzene rings is 2. The zero-order valence-electron chi connectivity index (χ0n) is 22.8. The molecule has 3 aliphatic carbocycles. The van der Waals surface area contributed by atoms with E-state index < -0.39 is 52.7 Å². The Bertz CT molecular complexity index is 1480. The molecule has 5 atom stereocenters. The Hall–Kier alpha value is -4.06. The lowest BCUT2D eigenvalue weighted by Gasteiger charge is -2.48. The predicted molar refractivity (Wildman–Crippen MR) is 147 cm³/mol. The van der Waals surface area contributed by atoms with Gasteiger partial charge in [-0.15, -0.1) is 0 Å². The van der Waals surface area contributed by atoms with Gasteiger partial charge in [0.05, 0.1) is 11.7 Å². The number of allylic oxidation sites excluding steroid dienone is 1. The van der Waals surface area contributed by atoms with Crippen LogP contribution in [0.15, 0.2) is 47.7 Å². The van der Waals surface area contributed by atoms with E-state index in [1.54, 1.807) is 30.3 Å². The van der Waals surface area contributed by atoms with E-state index in [1.807, 2.05) is 19.0 Å². The number of nitrogens with one attached hydrogen (secondary N) is 1. The Labute approximate surface area is 236 Å². The lowest BCUT2D eigenvalue weighted by Crippen LogP contribution is -2.63. The number of Topliss-reactive ketones (excluding diaryl/α,β-unsaturated/α-hetero) is 2. The summed E-state index contributed by atoms with van der Waals surface area (Å²) in [6, 6.07) is 9.88. The summed E-state index contributed by atoms with van der Waals surface area (Å²) < 4.78 is 0. The summed E-state index contributed by atoms with van der Waals surface area (Å²) in [6.07, 6.45) is -1.32. The molecule has 7 N–H and O–H groups in total. The fraction of sp³-hybridized carbons (Fsp3) is 0.400. The number of aromatic hydroxyl groups is 1. The number of carbonyl (C=O) groups is 4. The largest absolute Gasteiger partial charge is 0.508 e. The Kier molecular flexibility index (Phi) is 7.22. The van der Waals surface area contributed by atoms with E-state index in [-0.39, 0.29) is 42.1 Å². The third kappa shape index (κ3) is 4.59. The average Bonchev–Trinajstić information content (AvgIpc) is 2.90. The summed E-state index contributed by atoms with van der Waals surface area (Å²) in [4.78, 5) is 53.2. The number of amides is 2. The average molecular weight is 564 g/mol. The number of ketones is 2. The molecule has 3 aliphatic rings. The zero-order chi connectivity index (χ0) is 29.8. The first-order valence-corrected chi connectivity index (χ1v) is 13.5. The molecule has 1 saturated carbocycles. The molecule has 216 valence electrons. The number of fused-ring (bicyclic) bond motifs is 3. The molecule has 2 amide bonds. The summed E-state index contributed by atoms with van der Waals surface area (Å²) in [5, 5.41) is 46.6. The van der Waals surface area contributed by atoms with Crippen molar-refractivity contribution in [1.29, 1.82) is 0 Å². The van der Waals surface area contributed by atoms with Crippen LogP contribution in [0, 0.1) is 17.8 Å². The Morgan fingerprint density at radius 2 is 1.76 bits per heavy atom. The van der Waals surface area contributed by atoms with Crippen LogP contribution in [-0.2, 0) is 16.0 Å². The van der Waals surface area contributed by atoms with Crippen LogP contribution in [-0.4, -0.2) is 87.6 Å². The molecule has 0 aliphatic heterocycles. The maximum absolute atomic E-state index is 13.8. The highest BCUT2D eigenvalue weighted by molar-refractivity contribution is 6.16. The van der Waals surface area contributed by atoms with Gasteiger partial charge >= 0.3 is 0 Å². The van der Waals surface area contributed by atoms with Crippen LogP contribution in [0.2, 0.25) is 0 Å². The number of phenolic OH excluding ortho intramolecular Hbond substituents is 1. The first-order chi connectivity index (χ1) is 19.4.